The van der Waals surface area contributed by atoms with Crippen molar-refractivity contribution in [1.29, 1.82) is 0 Å². The molecule has 0 amide bonds. The third kappa shape index (κ3) is 5.07. The van der Waals surface area contributed by atoms with Gasteiger partial charge in [0.2, 0.25) is 0 Å². The van der Waals surface area contributed by atoms with Gasteiger partial charge in [-0.25, -0.2) is 9.63 Å². The van der Waals surface area contributed by atoms with E-state index >= 15 is 0 Å². The van der Waals surface area contributed by atoms with Crippen LogP contribution in [0.2, 0.25) is 0 Å². The van der Waals surface area contributed by atoms with E-state index in [2.05, 4.69) is 25.9 Å². The molecule has 2 aromatic rings. The summed E-state index contributed by atoms with van der Waals surface area (Å²) in [5, 5.41) is 12.3. The molecule has 0 aliphatic heterocycles. The molecule has 0 atom stereocenters. The van der Waals surface area contributed by atoms with Crippen LogP contribution < -0.4 is 9.57 Å². The van der Waals surface area contributed by atoms with Gasteiger partial charge in [-0.2, -0.15) is 13.5 Å². The van der Waals surface area contributed by atoms with Crippen LogP contribution in [0.4, 0.5) is 0 Å². The van der Waals surface area contributed by atoms with Gasteiger partial charge in [0.05, 0.1) is 11.1 Å². The van der Waals surface area contributed by atoms with Crippen LogP contribution in [0, 0.1) is 0 Å². The largest absolute Gasteiger partial charge is 0.481 e. The van der Waals surface area contributed by atoms with Crippen LogP contribution in [-0.2, 0) is 14.8 Å². The lowest BCUT2D eigenvalue weighted by molar-refractivity contribution is -0.139. The molecule has 0 spiro atoms. The fourth-order valence-corrected chi connectivity index (χ4v) is 2.75. The highest BCUT2D eigenvalue weighted by molar-refractivity contribution is 9.10. The van der Waals surface area contributed by atoms with Crippen LogP contribution in [-0.4, -0.2) is 32.3 Å². The van der Waals surface area contributed by atoms with Gasteiger partial charge >= 0.3 is 5.97 Å². The lowest BCUT2D eigenvalue weighted by atomic mass is 10.2. The second kappa shape index (κ2) is 7.93. The summed E-state index contributed by atoms with van der Waals surface area (Å²) < 4.78 is 30.0. The number of carbonyl (C=O) groups is 1. The molecule has 0 aliphatic rings. The van der Waals surface area contributed by atoms with Crippen LogP contribution in [0.1, 0.15) is 5.56 Å². The molecule has 2 N–H and O–H groups in total. The zero-order valence-corrected chi connectivity index (χ0v) is 14.6. The first kappa shape index (κ1) is 18.0. The number of hydrogen-bond acceptors (Lipinski definition) is 5. The van der Waals surface area contributed by atoms with Crippen molar-refractivity contribution in [3.8, 4) is 5.75 Å². The molecule has 0 aliphatic carbocycles. The van der Waals surface area contributed by atoms with Crippen LogP contribution >= 0.6 is 15.9 Å². The van der Waals surface area contributed by atoms with E-state index in [4.69, 9.17) is 9.84 Å². The summed E-state index contributed by atoms with van der Waals surface area (Å²) in [6.45, 7) is -0.504. The number of nitrogens with one attached hydrogen (secondary N) is 1. The zero-order chi connectivity index (χ0) is 17.6. The number of hydrogen-bond donors (Lipinski definition) is 2. The van der Waals surface area contributed by atoms with Crippen molar-refractivity contribution in [2.75, 3.05) is 6.61 Å². The standard InChI is InChI=1S/C15H13BrN2O5S/c16-12-5-7-13(8-6-12)24(21,22)18-17-9-11-3-1-2-4-14(11)23-10-15(19)20/h1-9,18H,10H2,(H,19,20)/b17-9-. The van der Waals surface area contributed by atoms with Gasteiger partial charge in [0.25, 0.3) is 10.0 Å². The van der Waals surface area contributed by atoms with Crippen molar-refractivity contribution in [3.05, 3.63) is 58.6 Å². The molecule has 0 heterocycles. The Morgan fingerprint density at radius 1 is 1.21 bits per heavy atom. The van der Waals surface area contributed by atoms with Gasteiger partial charge in [0.15, 0.2) is 6.61 Å². The molecular formula is C15H13BrN2O5S. The van der Waals surface area contributed by atoms with Crippen molar-refractivity contribution in [1.82, 2.24) is 4.83 Å². The van der Waals surface area contributed by atoms with Crippen LogP contribution in [0.25, 0.3) is 0 Å². The van der Waals surface area contributed by atoms with Gasteiger partial charge in [-0.3, -0.25) is 0 Å². The molecule has 0 fully saturated rings. The minimum atomic E-state index is -3.79. The number of ether oxygens (including phenoxy) is 1. The van der Waals surface area contributed by atoms with E-state index in [0.717, 1.165) is 4.47 Å². The Balaban J connectivity index is 2.11. The highest BCUT2D eigenvalue weighted by atomic mass is 79.9. The molecule has 7 nitrogen and oxygen atoms in total. The average Bonchev–Trinajstić information content (AvgIpc) is 2.54. The summed E-state index contributed by atoms with van der Waals surface area (Å²) in [5.74, 6) is -0.829. The van der Waals surface area contributed by atoms with E-state index in [1.165, 1.54) is 18.3 Å². The average molecular weight is 413 g/mol. The first-order valence-corrected chi connectivity index (χ1v) is 8.90. The number of carboxylic acid groups (broad SMARTS) is 1. The normalized spacial score (nSPS) is 11.4. The molecular weight excluding hydrogens is 400 g/mol. The second-order valence-electron chi connectivity index (χ2n) is 4.53. The quantitative estimate of drug-likeness (QED) is 0.535. The predicted octanol–water partition coefficient (Wildman–Crippen LogP) is 2.22. The number of nitrogens with zero attached hydrogens (tertiary/aromatic N) is 1. The minimum absolute atomic E-state index is 0.0678. The van der Waals surface area contributed by atoms with Crippen molar-refractivity contribution >= 4 is 38.1 Å². The number of sulfonamides is 1. The van der Waals surface area contributed by atoms with Crippen LogP contribution in [0.15, 0.2) is 63.0 Å². The number of aliphatic carboxylic acids is 1. The van der Waals surface area contributed by atoms with Crippen LogP contribution in [0.3, 0.4) is 0 Å². The molecule has 0 radical (unpaired) electrons. The van der Waals surface area contributed by atoms with Gasteiger partial charge in [-0.1, -0.05) is 28.1 Å². The summed E-state index contributed by atoms with van der Waals surface area (Å²) in [4.78, 5) is 12.7. The predicted molar refractivity (Wildman–Crippen MR) is 91.6 cm³/mol. The molecule has 126 valence electrons. The fourth-order valence-electron chi connectivity index (χ4n) is 1.69. The summed E-state index contributed by atoms with van der Waals surface area (Å²) >= 11 is 3.23. The number of benzene rings is 2. The summed E-state index contributed by atoms with van der Waals surface area (Å²) in [5.41, 5.74) is 0.442. The van der Waals surface area contributed by atoms with E-state index in [9.17, 15) is 13.2 Å². The summed E-state index contributed by atoms with van der Waals surface area (Å²) in [7, 11) is -3.79. The van der Waals surface area contributed by atoms with Gasteiger partial charge in [0.1, 0.15) is 5.75 Å². The molecule has 0 saturated carbocycles. The monoisotopic (exact) mass is 412 g/mol. The first-order valence-electron chi connectivity index (χ1n) is 6.62. The Morgan fingerprint density at radius 3 is 2.54 bits per heavy atom. The smallest absolute Gasteiger partial charge is 0.341 e. The lowest BCUT2D eigenvalue weighted by Crippen LogP contribution is -2.18. The number of hydrazone groups is 1. The molecule has 24 heavy (non-hydrogen) atoms. The Labute approximate surface area is 147 Å². The van der Waals surface area contributed by atoms with E-state index in [0.29, 0.717) is 5.56 Å². The number of rotatable bonds is 7. The van der Waals surface area contributed by atoms with Gasteiger partial charge in [-0.15, -0.1) is 0 Å². The fraction of sp³-hybridized carbons (Fsp3) is 0.0667. The molecule has 2 rings (SSSR count). The third-order valence-corrected chi connectivity index (χ3v) is 4.54. The zero-order valence-electron chi connectivity index (χ0n) is 12.2. The van der Waals surface area contributed by atoms with E-state index in [1.807, 2.05) is 0 Å². The number of para-hydroxylation sites is 1. The molecule has 9 heteroatoms. The maximum Gasteiger partial charge on any atom is 0.341 e. The van der Waals surface area contributed by atoms with Gasteiger partial charge < -0.3 is 9.84 Å². The van der Waals surface area contributed by atoms with Gasteiger partial charge in [0, 0.05) is 10.0 Å². The minimum Gasteiger partial charge on any atom is -0.481 e. The highest BCUT2D eigenvalue weighted by Crippen LogP contribution is 2.16. The van der Waals surface area contributed by atoms with Crippen molar-refractivity contribution < 1.29 is 23.1 Å². The molecule has 2 aromatic carbocycles. The van der Waals surface area contributed by atoms with Crippen molar-refractivity contribution in [3.63, 3.8) is 0 Å². The summed E-state index contributed by atoms with van der Waals surface area (Å²) in [6.07, 6.45) is 1.24. The molecule has 0 unspecified atom stereocenters. The lowest BCUT2D eigenvalue weighted by Gasteiger charge is -2.06. The topological polar surface area (TPSA) is 105 Å². The SMILES string of the molecule is O=C(O)COc1ccccc1/C=N\NS(=O)(=O)c1ccc(Br)cc1. The molecule has 0 saturated heterocycles. The highest BCUT2D eigenvalue weighted by Gasteiger charge is 2.12. The number of carboxylic acids is 1. The summed E-state index contributed by atoms with van der Waals surface area (Å²) in [6, 6.07) is 12.6. The Kier molecular flexibility index (Phi) is 5.93. The number of halogens is 1. The first-order chi connectivity index (χ1) is 11.4. The molecule has 0 aromatic heterocycles. The van der Waals surface area contributed by atoms with E-state index in [1.54, 1.807) is 36.4 Å². The van der Waals surface area contributed by atoms with Gasteiger partial charge in [-0.05, 0) is 36.4 Å². The van der Waals surface area contributed by atoms with E-state index < -0.39 is 22.6 Å². The Morgan fingerprint density at radius 2 is 1.88 bits per heavy atom. The third-order valence-electron chi connectivity index (χ3n) is 2.77. The van der Waals surface area contributed by atoms with Crippen molar-refractivity contribution in [2.24, 2.45) is 5.10 Å². The second-order valence-corrected chi connectivity index (χ2v) is 7.10. The maximum absolute atomic E-state index is 12.1. The Hall–Kier alpha value is -2.39. The maximum atomic E-state index is 12.1. The Bertz CT molecular complexity index is 850. The van der Waals surface area contributed by atoms with E-state index in [-0.39, 0.29) is 10.6 Å². The van der Waals surface area contributed by atoms with Crippen LogP contribution in [0.5, 0.6) is 5.75 Å². The van der Waals surface area contributed by atoms with Crippen molar-refractivity contribution in [2.45, 2.75) is 4.90 Å². The molecule has 0 bridgehead atoms.